The molecule has 0 bridgehead atoms. The van der Waals surface area contributed by atoms with Crippen LogP contribution >= 0.6 is 11.6 Å². The first-order valence-corrected chi connectivity index (χ1v) is 5.32. The van der Waals surface area contributed by atoms with Crippen LogP contribution in [0.2, 0.25) is 0 Å². The summed E-state index contributed by atoms with van der Waals surface area (Å²) in [6, 6.07) is 16.1. The molecule has 2 aromatic rings. The van der Waals surface area contributed by atoms with Crippen LogP contribution in [0.1, 0.15) is 11.1 Å². The molecule has 0 aliphatic carbocycles. The molecule has 0 heterocycles. The van der Waals surface area contributed by atoms with Crippen molar-refractivity contribution in [3.05, 3.63) is 65.7 Å². The van der Waals surface area contributed by atoms with E-state index in [1.54, 1.807) is 36.4 Å². The minimum atomic E-state index is -1.58. The molecule has 2 nitrogen and oxygen atoms in total. The van der Waals surface area contributed by atoms with E-state index in [1.165, 1.54) is 0 Å². The largest absolute Gasteiger partial charge is 0.398 e. The van der Waals surface area contributed by atoms with Gasteiger partial charge in [-0.1, -0.05) is 60.1 Å². The number of rotatable bonds is 2. The van der Waals surface area contributed by atoms with E-state index in [9.17, 15) is 5.11 Å². The Morgan fingerprint density at radius 3 is 2.12 bits per heavy atom. The van der Waals surface area contributed by atoms with Crippen molar-refractivity contribution in [2.24, 2.45) is 0 Å². The lowest BCUT2D eigenvalue weighted by Gasteiger charge is -2.23. The van der Waals surface area contributed by atoms with E-state index in [0.717, 1.165) is 0 Å². The molecule has 0 aliphatic rings. The Hall–Kier alpha value is -1.51. The maximum absolute atomic E-state index is 10.3. The molecule has 3 heteroatoms. The van der Waals surface area contributed by atoms with Crippen LogP contribution in [0.4, 0.5) is 5.69 Å². The van der Waals surface area contributed by atoms with Gasteiger partial charge in [-0.25, -0.2) is 0 Å². The van der Waals surface area contributed by atoms with E-state index in [4.69, 9.17) is 17.3 Å². The van der Waals surface area contributed by atoms with Gasteiger partial charge in [0.15, 0.2) is 5.06 Å². The van der Waals surface area contributed by atoms with Crippen LogP contribution in [0.5, 0.6) is 0 Å². The predicted molar refractivity (Wildman–Crippen MR) is 66.1 cm³/mol. The van der Waals surface area contributed by atoms with Crippen molar-refractivity contribution in [1.29, 1.82) is 0 Å². The van der Waals surface area contributed by atoms with E-state index in [2.05, 4.69) is 0 Å². The predicted octanol–water partition coefficient (Wildman–Crippen LogP) is 2.70. The summed E-state index contributed by atoms with van der Waals surface area (Å²) in [4.78, 5) is 0. The van der Waals surface area contributed by atoms with E-state index in [-0.39, 0.29) is 0 Å². The third-order valence-corrected chi connectivity index (χ3v) is 2.90. The van der Waals surface area contributed by atoms with Crippen LogP contribution in [0.3, 0.4) is 0 Å². The average Bonchev–Trinajstić information content (AvgIpc) is 2.30. The molecule has 0 saturated carbocycles. The van der Waals surface area contributed by atoms with Gasteiger partial charge in [0.05, 0.1) is 0 Å². The van der Waals surface area contributed by atoms with Gasteiger partial charge < -0.3 is 10.8 Å². The molecule has 16 heavy (non-hydrogen) atoms. The average molecular weight is 234 g/mol. The van der Waals surface area contributed by atoms with Gasteiger partial charge in [0, 0.05) is 16.8 Å². The van der Waals surface area contributed by atoms with Crippen molar-refractivity contribution in [2.75, 3.05) is 5.73 Å². The topological polar surface area (TPSA) is 46.2 Å². The highest BCUT2D eigenvalue weighted by Crippen LogP contribution is 2.36. The number of nitrogen functional groups attached to an aromatic ring is 1. The Morgan fingerprint density at radius 1 is 0.938 bits per heavy atom. The molecule has 0 spiro atoms. The van der Waals surface area contributed by atoms with E-state index >= 15 is 0 Å². The van der Waals surface area contributed by atoms with Crippen molar-refractivity contribution >= 4 is 17.3 Å². The number of halogens is 1. The number of hydrogen-bond acceptors (Lipinski definition) is 2. The fourth-order valence-corrected chi connectivity index (χ4v) is 1.91. The monoisotopic (exact) mass is 233 g/mol. The quantitative estimate of drug-likeness (QED) is 0.619. The van der Waals surface area contributed by atoms with Gasteiger partial charge in [-0.2, -0.15) is 0 Å². The third-order valence-electron chi connectivity index (χ3n) is 2.47. The zero-order valence-corrected chi connectivity index (χ0v) is 9.35. The van der Waals surface area contributed by atoms with Gasteiger partial charge in [0.1, 0.15) is 0 Å². The second kappa shape index (κ2) is 4.16. The van der Waals surface area contributed by atoms with Crippen LogP contribution in [0.25, 0.3) is 0 Å². The van der Waals surface area contributed by atoms with Gasteiger partial charge in [0.2, 0.25) is 0 Å². The Balaban J connectivity index is 2.51. The number of hydrogen-bond donors (Lipinski definition) is 2. The van der Waals surface area contributed by atoms with Gasteiger partial charge >= 0.3 is 0 Å². The second-order valence-corrected chi connectivity index (χ2v) is 4.12. The summed E-state index contributed by atoms with van der Waals surface area (Å²) in [5.74, 6) is 0. The lowest BCUT2D eigenvalue weighted by atomic mass is 9.99. The summed E-state index contributed by atoms with van der Waals surface area (Å²) in [5.41, 5.74) is 7.38. The standard InChI is InChI=1S/C13H12ClNO/c14-13(16,10-6-2-1-3-7-10)11-8-4-5-9-12(11)15/h1-9,16H,15H2. The molecule has 0 aliphatic heterocycles. The van der Waals surface area contributed by atoms with Crippen molar-refractivity contribution < 1.29 is 5.11 Å². The summed E-state index contributed by atoms with van der Waals surface area (Å²) in [6.07, 6.45) is 0. The molecule has 2 aromatic carbocycles. The van der Waals surface area contributed by atoms with Crippen LogP contribution in [0, 0.1) is 0 Å². The normalized spacial score (nSPS) is 14.4. The maximum atomic E-state index is 10.3. The van der Waals surface area contributed by atoms with Crippen molar-refractivity contribution in [2.45, 2.75) is 5.06 Å². The first-order chi connectivity index (χ1) is 7.62. The Kier molecular flexibility index (Phi) is 2.86. The Morgan fingerprint density at radius 2 is 1.50 bits per heavy atom. The summed E-state index contributed by atoms with van der Waals surface area (Å²) in [7, 11) is 0. The number of alkyl halides is 1. The van der Waals surface area contributed by atoms with E-state index < -0.39 is 5.06 Å². The lowest BCUT2D eigenvalue weighted by molar-refractivity contribution is 0.174. The summed E-state index contributed by atoms with van der Waals surface area (Å²) < 4.78 is 0. The molecule has 82 valence electrons. The molecule has 0 radical (unpaired) electrons. The minimum absolute atomic E-state index is 0.476. The zero-order valence-electron chi connectivity index (χ0n) is 8.60. The molecule has 0 amide bonds. The molecule has 1 unspecified atom stereocenters. The van der Waals surface area contributed by atoms with Crippen LogP contribution < -0.4 is 5.73 Å². The number of nitrogens with two attached hydrogens (primary N) is 1. The minimum Gasteiger partial charge on any atom is -0.398 e. The van der Waals surface area contributed by atoms with Gasteiger partial charge in [-0.15, -0.1) is 0 Å². The first-order valence-electron chi connectivity index (χ1n) is 4.94. The zero-order chi connectivity index (χ0) is 11.6. The molecule has 0 aromatic heterocycles. The molecule has 3 N–H and O–H groups in total. The number of anilines is 1. The van der Waals surface area contributed by atoms with Crippen molar-refractivity contribution in [3.8, 4) is 0 Å². The van der Waals surface area contributed by atoms with Gasteiger partial charge in [-0.3, -0.25) is 0 Å². The molecule has 0 fully saturated rings. The first kappa shape index (κ1) is 11.0. The summed E-state index contributed by atoms with van der Waals surface area (Å²) in [6.45, 7) is 0. The Bertz CT molecular complexity index is 482. The van der Waals surface area contributed by atoms with Crippen molar-refractivity contribution in [1.82, 2.24) is 0 Å². The lowest BCUT2D eigenvalue weighted by Crippen LogP contribution is -2.20. The molecule has 2 rings (SSSR count). The molecule has 1 atom stereocenters. The highest BCUT2D eigenvalue weighted by molar-refractivity contribution is 6.25. The third kappa shape index (κ3) is 1.90. The fourth-order valence-electron chi connectivity index (χ4n) is 1.61. The Labute approximate surface area is 99.3 Å². The highest BCUT2D eigenvalue weighted by Gasteiger charge is 2.30. The smallest absolute Gasteiger partial charge is 0.192 e. The maximum Gasteiger partial charge on any atom is 0.192 e. The van der Waals surface area contributed by atoms with Crippen LogP contribution in [-0.2, 0) is 5.06 Å². The van der Waals surface area contributed by atoms with E-state index in [1.807, 2.05) is 18.2 Å². The number of para-hydroxylation sites is 1. The number of aliphatic hydroxyl groups is 1. The molecular formula is C13H12ClNO. The van der Waals surface area contributed by atoms with Gasteiger partial charge in [0.25, 0.3) is 0 Å². The van der Waals surface area contributed by atoms with Crippen molar-refractivity contribution in [3.63, 3.8) is 0 Å². The van der Waals surface area contributed by atoms with Crippen LogP contribution in [0.15, 0.2) is 54.6 Å². The van der Waals surface area contributed by atoms with Crippen LogP contribution in [-0.4, -0.2) is 5.11 Å². The van der Waals surface area contributed by atoms with E-state index in [0.29, 0.717) is 16.8 Å². The molecule has 0 saturated heterocycles. The highest BCUT2D eigenvalue weighted by atomic mass is 35.5. The summed E-state index contributed by atoms with van der Waals surface area (Å²) in [5, 5.41) is 8.75. The van der Waals surface area contributed by atoms with Gasteiger partial charge in [-0.05, 0) is 6.07 Å². The summed E-state index contributed by atoms with van der Waals surface area (Å²) >= 11 is 6.17. The second-order valence-electron chi connectivity index (χ2n) is 3.58. The SMILES string of the molecule is Nc1ccccc1C(O)(Cl)c1ccccc1. The fraction of sp³-hybridized carbons (Fsp3) is 0.0769. The number of benzene rings is 2. The molecular weight excluding hydrogens is 222 g/mol.